The van der Waals surface area contributed by atoms with Crippen LogP contribution in [0.1, 0.15) is 22.5 Å². The third-order valence-electron chi connectivity index (χ3n) is 2.79. The Labute approximate surface area is 101 Å². The molecule has 0 bridgehead atoms. The predicted octanol–water partition coefficient (Wildman–Crippen LogP) is 2.41. The van der Waals surface area contributed by atoms with Crippen LogP contribution in [-0.2, 0) is 6.54 Å². The van der Waals surface area contributed by atoms with E-state index in [1.54, 1.807) is 12.4 Å². The summed E-state index contributed by atoms with van der Waals surface area (Å²) >= 11 is 0. The molecule has 0 spiro atoms. The molecule has 2 rings (SSSR count). The monoisotopic (exact) mass is 228 g/mol. The molecule has 2 aromatic rings. The van der Waals surface area contributed by atoms with Gasteiger partial charge in [-0.05, 0) is 38.0 Å². The van der Waals surface area contributed by atoms with Crippen molar-refractivity contribution in [1.29, 1.82) is 0 Å². The lowest BCUT2D eigenvalue weighted by atomic mass is 10.1. The first-order chi connectivity index (χ1) is 8.16. The zero-order valence-corrected chi connectivity index (χ0v) is 10.4. The van der Waals surface area contributed by atoms with Crippen molar-refractivity contribution in [3.8, 4) is 0 Å². The van der Waals surface area contributed by atoms with Gasteiger partial charge in [-0.25, -0.2) is 4.98 Å². The molecule has 0 amide bonds. The average Bonchev–Trinajstić information content (AvgIpc) is 2.32. The summed E-state index contributed by atoms with van der Waals surface area (Å²) in [5.74, 6) is 0.810. The van der Waals surface area contributed by atoms with Gasteiger partial charge in [0.05, 0.1) is 17.6 Å². The highest BCUT2D eigenvalue weighted by Gasteiger charge is 2.01. The molecule has 0 radical (unpaired) electrons. The minimum Gasteiger partial charge on any atom is -0.365 e. The predicted molar refractivity (Wildman–Crippen MR) is 67.8 cm³/mol. The normalized spacial score (nSPS) is 10.3. The third-order valence-corrected chi connectivity index (χ3v) is 2.79. The topological polar surface area (TPSA) is 50.7 Å². The molecule has 2 heterocycles. The van der Waals surface area contributed by atoms with Gasteiger partial charge < -0.3 is 5.32 Å². The zero-order chi connectivity index (χ0) is 12.3. The maximum atomic E-state index is 4.43. The van der Waals surface area contributed by atoms with Crippen molar-refractivity contribution in [2.45, 2.75) is 27.3 Å². The number of nitrogens with one attached hydrogen (secondary N) is 1. The van der Waals surface area contributed by atoms with Crippen LogP contribution in [0.3, 0.4) is 0 Å². The minimum absolute atomic E-state index is 0.742. The summed E-state index contributed by atoms with van der Waals surface area (Å²) in [6, 6.07) is 2.01. The van der Waals surface area contributed by atoms with Crippen LogP contribution in [0.25, 0.3) is 0 Å². The van der Waals surface area contributed by atoms with Gasteiger partial charge in [-0.2, -0.15) is 0 Å². The Hall–Kier alpha value is -1.97. The molecule has 0 saturated heterocycles. The van der Waals surface area contributed by atoms with E-state index in [0.717, 1.165) is 23.8 Å². The Kier molecular flexibility index (Phi) is 3.32. The van der Waals surface area contributed by atoms with E-state index in [2.05, 4.69) is 27.2 Å². The maximum absolute atomic E-state index is 4.43. The second kappa shape index (κ2) is 4.91. The average molecular weight is 228 g/mol. The molecule has 0 aliphatic heterocycles. The van der Waals surface area contributed by atoms with Crippen molar-refractivity contribution in [2.75, 3.05) is 5.32 Å². The maximum Gasteiger partial charge on any atom is 0.145 e. The van der Waals surface area contributed by atoms with E-state index in [-0.39, 0.29) is 0 Å². The van der Waals surface area contributed by atoms with Crippen LogP contribution >= 0.6 is 0 Å². The fourth-order valence-electron chi connectivity index (χ4n) is 1.51. The van der Waals surface area contributed by atoms with Crippen molar-refractivity contribution in [2.24, 2.45) is 0 Å². The van der Waals surface area contributed by atoms with Crippen LogP contribution < -0.4 is 5.32 Å². The standard InChI is InChI=1S/C13H16N4/c1-9-6-14-5-4-12(9)7-16-13-8-15-10(2)11(3)17-13/h4-6,8H,7H2,1-3H3,(H,16,17). The molecule has 0 aliphatic carbocycles. The summed E-state index contributed by atoms with van der Waals surface area (Å²) in [7, 11) is 0. The summed E-state index contributed by atoms with van der Waals surface area (Å²) in [5.41, 5.74) is 4.33. The van der Waals surface area contributed by atoms with Gasteiger partial charge in [0, 0.05) is 18.9 Å². The Bertz CT molecular complexity index is 523. The molecular weight excluding hydrogens is 212 g/mol. The van der Waals surface area contributed by atoms with Crippen molar-refractivity contribution >= 4 is 5.82 Å². The van der Waals surface area contributed by atoms with Gasteiger partial charge in [-0.15, -0.1) is 0 Å². The Morgan fingerprint density at radius 3 is 2.65 bits per heavy atom. The zero-order valence-electron chi connectivity index (χ0n) is 10.4. The number of aryl methyl sites for hydroxylation is 3. The molecule has 4 nitrogen and oxygen atoms in total. The highest BCUT2D eigenvalue weighted by Crippen LogP contribution is 2.10. The molecular formula is C13H16N4. The summed E-state index contributed by atoms with van der Waals surface area (Å²) in [4.78, 5) is 12.8. The second-order valence-electron chi connectivity index (χ2n) is 4.08. The molecule has 0 atom stereocenters. The number of pyridine rings is 1. The van der Waals surface area contributed by atoms with E-state index in [4.69, 9.17) is 0 Å². The van der Waals surface area contributed by atoms with Crippen molar-refractivity contribution in [1.82, 2.24) is 15.0 Å². The number of rotatable bonds is 3. The van der Waals surface area contributed by atoms with Crippen LogP contribution in [0.5, 0.6) is 0 Å². The van der Waals surface area contributed by atoms with E-state index in [9.17, 15) is 0 Å². The summed E-state index contributed by atoms with van der Waals surface area (Å²) in [6.45, 7) is 6.71. The quantitative estimate of drug-likeness (QED) is 0.876. The first-order valence-electron chi connectivity index (χ1n) is 5.60. The molecule has 0 fully saturated rings. The molecule has 88 valence electrons. The molecule has 0 saturated carbocycles. The molecule has 1 N–H and O–H groups in total. The lowest BCUT2D eigenvalue weighted by Gasteiger charge is -2.08. The number of anilines is 1. The SMILES string of the molecule is Cc1cnccc1CNc1cnc(C)c(C)n1. The number of nitrogens with zero attached hydrogens (tertiary/aromatic N) is 3. The minimum atomic E-state index is 0.742. The van der Waals surface area contributed by atoms with Crippen molar-refractivity contribution in [3.63, 3.8) is 0 Å². The Morgan fingerprint density at radius 2 is 1.94 bits per heavy atom. The van der Waals surface area contributed by atoms with Crippen molar-refractivity contribution in [3.05, 3.63) is 47.2 Å². The van der Waals surface area contributed by atoms with Crippen LogP contribution in [0.15, 0.2) is 24.7 Å². The van der Waals surface area contributed by atoms with Crippen LogP contribution in [-0.4, -0.2) is 15.0 Å². The first-order valence-corrected chi connectivity index (χ1v) is 5.60. The summed E-state index contributed by atoms with van der Waals surface area (Å²) in [6.07, 6.45) is 5.43. The van der Waals surface area contributed by atoms with Crippen LogP contribution in [0.4, 0.5) is 5.82 Å². The number of aromatic nitrogens is 3. The van der Waals surface area contributed by atoms with Gasteiger partial charge in [0.1, 0.15) is 5.82 Å². The molecule has 2 aromatic heterocycles. The molecule has 0 aliphatic rings. The lowest BCUT2D eigenvalue weighted by Crippen LogP contribution is -2.05. The fourth-order valence-corrected chi connectivity index (χ4v) is 1.51. The van der Waals surface area contributed by atoms with Crippen LogP contribution in [0, 0.1) is 20.8 Å². The first kappa shape index (κ1) is 11.5. The highest BCUT2D eigenvalue weighted by atomic mass is 15.0. The van der Waals surface area contributed by atoms with Gasteiger partial charge in [-0.3, -0.25) is 9.97 Å². The smallest absolute Gasteiger partial charge is 0.145 e. The van der Waals surface area contributed by atoms with E-state index in [1.807, 2.05) is 26.1 Å². The Balaban J connectivity index is 2.08. The van der Waals surface area contributed by atoms with Gasteiger partial charge in [0.2, 0.25) is 0 Å². The summed E-state index contributed by atoms with van der Waals surface area (Å²) < 4.78 is 0. The summed E-state index contributed by atoms with van der Waals surface area (Å²) in [5, 5.41) is 3.27. The van der Waals surface area contributed by atoms with Gasteiger partial charge in [0.15, 0.2) is 0 Å². The lowest BCUT2D eigenvalue weighted by molar-refractivity contribution is 1.01. The van der Waals surface area contributed by atoms with Gasteiger partial charge in [0.25, 0.3) is 0 Å². The Morgan fingerprint density at radius 1 is 1.12 bits per heavy atom. The molecule has 4 heteroatoms. The van der Waals surface area contributed by atoms with Crippen molar-refractivity contribution < 1.29 is 0 Å². The second-order valence-corrected chi connectivity index (χ2v) is 4.08. The third kappa shape index (κ3) is 2.78. The highest BCUT2D eigenvalue weighted by molar-refractivity contribution is 5.35. The van der Waals surface area contributed by atoms with Gasteiger partial charge in [-0.1, -0.05) is 0 Å². The van der Waals surface area contributed by atoms with E-state index >= 15 is 0 Å². The van der Waals surface area contributed by atoms with E-state index < -0.39 is 0 Å². The van der Waals surface area contributed by atoms with E-state index in [0.29, 0.717) is 0 Å². The van der Waals surface area contributed by atoms with E-state index in [1.165, 1.54) is 11.1 Å². The largest absolute Gasteiger partial charge is 0.365 e. The molecule has 0 unspecified atom stereocenters. The van der Waals surface area contributed by atoms with Crippen LogP contribution in [0.2, 0.25) is 0 Å². The number of hydrogen-bond acceptors (Lipinski definition) is 4. The fraction of sp³-hybridized carbons (Fsp3) is 0.308. The van der Waals surface area contributed by atoms with Gasteiger partial charge >= 0.3 is 0 Å². The molecule has 0 aromatic carbocycles. The molecule has 17 heavy (non-hydrogen) atoms. The number of hydrogen-bond donors (Lipinski definition) is 1.